The van der Waals surface area contributed by atoms with Crippen molar-refractivity contribution < 1.29 is 0 Å². The van der Waals surface area contributed by atoms with E-state index >= 15 is 0 Å². The molecular weight excluding hydrogens is 272 g/mol. The standard InChI is InChI=1S/C15H22N2S2/c1-12-4-2-7-15(10-12)11-19-14(17-15)16-8-6-13-5-3-9-18-13/h3,5,9,12H,2,4,6-8,10-11H2,1H3,(H,16,17). The second-order valence-electron chi connectivity index (χ2n) is 5.91. The van der Waals surface area contributed by atoms with Crippen LogP contribution in [0.15, 0.2) is 22.5 Å². The molecule has 2 nitrogen and oxygen atoms in total. The van der Waals surface area contributed by atoms with Crippen LogP contribution in [-0.2, 0) is 6.42 Å². The van der Waals surface area contributed by atoms with Gasteiger partial charge in [0.1, 0.15) is 0 Å². The Labute approximate surface area is 124 Å². The predicted molar refractivity (Wildman–Crippen MR) is 86.3 cm³/mol. The summed E-state index contributed by atoms with van der Waals surface area (Å²) in [6, 6.07) is 4.32. The van der Waals surface area contributed by atoms with Crippen molar-refractivity contribution >= 4 is 28.3 Å². The van der Waals surface area contributed by atoms with Gasteiger partial charge in [-0.25, -0.2) is 0 Å². The summed E-state index contributed by atoms with van der Waals surface area (Å²) in [7, 11) is 0. The van der Waals surface area contributed by atoms with Gasteiger partial charge in [0.15, 0.2) is 5.17 Å². The van der Waals surface area contributed by atoms with E-state index in [0.29, 0.717) is 5.54 Å². The Balaban J connectivity index is 1.53. The van der Waals surface area contributed by atoms with E-state index in [9.17, 15) is 0 Å². The molecule has 3 rings (SSSR count). The number of rotatable bonds is 3. The zero-order valence-corrected chi connectivity index (χ0v) is 13.2. The number of nitrogens with one attached hydrogen (secondary N) is 1. The summed E-state index contributed by atoms with van der Waals surface area (Å²) in [6.07, 6.45) is 6.50. The third-order valence-corrected chi connectivity index (χ3v) is 6.28. The van der Waals surface area contributed by atoms with Crippen LogP contribution in [0, 0.1) is 5.92 Å². The van der Waals surface area contributed by atoms with Gasteiger partial charge in [0, 0.05) is 29.1 Å². The number of thiophene rings is 1. The van der Waals surface area contributed by atoms with Gasteiger partial charge in [-0.2, -0.15) is 0 Å². The molecule has 1 saturated carbocycles. The number of amidine groups is 1. The summed E-state index contributed by atoms with van der Waals surface area (Å²) in [5.74, 6) is 2.09. The SMILES string of the molecule is CC1CCCC2(CSC(=NCCc3cccs3)N2)C1. The lowest BCUT2D eigenvalue weighted by molar-refractivity contribution is 0.242. The normalized spacial score (nSPS) is 32.9. The average Bonchev–Trinajstić information content (AvgIpc) is 3.00. The zero-order chi connectivity index (χ0) is 13.1. The van der Waals surface area contributed by atoms with Crippen molar-refractivity contribution in [1.29, 1.82) is 0 Å². The molecule has 19 heavy (non-hydrogen) atoms. The minimum absolute atomic E-state index is 0.365. The van der Waals surface area contributed by atoms with Crippen molar-refractivity contribution in [2.75, 3.05) is 12.3 Å². The largest absolute Gasteiger partial charge is 0.359 e. The minimum atomic E-state index is 0.365. The van der Waals surface area contributed by atoms with Crippen LogP contribution in [0.1, 0.15) is 37.5 Å². The molecule has 1 saturated heterocycles. The minimum Gasteiger partial charge on any atom is -0.359 e. The smallest absolute Gasteiger partial charge is 0.157 e. The second kappa shape index (κ2) is 5.88. The van der Waals surface area contributed by atoms with Gasteiger partial charge in [-0.15, -0.1) is 11.3 Å². The van der Waals surface area contributed by atoms with E-state index in [1.807, 2.05) is 23.1 Å². The van der Waals surface area contributed by atoms with Crippen molar-refractivity contribution in [3.8, 4) is 0 Å². The average molecular weight is 294 g/mol. The van der Waals surface area contributed by atoms with Gasteiger partial charge in [-0.3, -0.25) is 4.99 Å². The van der Waals surface area contributed by atoms with Gasteiger partial charge in [0.25, 0.3) is 0 Å². The summed E-state index contributed by atoms with van der Waals surface area (Å²) in [5, 5.41) is 7.06. The van der Waals surface area contributed by atoms with Gasteiger partial charge in [0.05, 0.1) is 0 Å². The number of nitrogens with zero attached hydrogens (tertiary/aromatic N) is 1. The van der Waals surface area contributed by atoms with E-state index in [0.717, 1.165) is 18.9 Å². The molecule has 1 aromatic heterocycles. The molecule has 4 heteroatoms. The van der Waals surface area contributed by atoms with Crippen LogP contribution in [0.5, 0.6) is 0 Å². The first-order valence-corrected chi connectivity index (χ1v) is 9.10. The van der Waals surface area contributed by atoms with Crippen LogP contribution in [0.25, 0.3) is 0 Å². The highest BCUT2D eigenvalue weighted by atomic mass is 32.2. The Morgan fingerprint density at radius 2 is 2.47 bits per heavy atom. The first-order chi connectivity index (χ1) is 9.26. The molecule has 1 aromatic rings. The maximum absolute atomic E-state index is 4.75. The van der Waals surface area contributed by atoms with Crippen molar-refractivity contribution in [2.24, 2.45) is 10.9 Å². The molecule has 0 bridgehead atoms. The molecule has 2 heterocycles. The topological polar surface area (TPSA) is 24.4 Å². The monoisotopic (exact) mass is 294 g/mol. The van der Waals surface area contributed by atoms with Crippen molar-refractivity contribution in [1.82, 2.24) is 5.32 Å². The van der Waals surface area contributed by atoms with Crippen LogP contribution < -0.4 is 5.32 Å². The summed E-state index contributed by atoms with van der Waals surface area (Å²) in [5.41, 5.74) is 0.365. The fourth-order valence-corrected chi connectivity index (χ4v) is 5.13. The quantitative estimate of drug-likeness (QED) is 0.913. The first kappa shape index (κ1) is 13.5. The fourth-order valence-electron chi connectivity index (χ4n) is 3.22. The summed E-state index contributed by atoms with van der Waals surface area (Å²) >= 11 is 3.76. The number of aliphatic imine (C=N–C) groups is 1. The van der Waals surface area contributed by atoms with E-state index in [-0.39, 0.29) is 0 Å². The molecule has 1 aliphatic heterocycles. The summed E-state index contributed by atoms with van der Waals surface area (Å²) in [4.78, 5) is 6.19. The predicted octanol–water partition coefficient (Wildman–Crippen LogP) is 3.93. The number of hydrogen-bond acceptors (Lipinski definition) is 3. The second-order valence-corrected chi connectivity index (χ2v) is 7.91. The Morgan fingerprint density at radius 3 is 3.26 bits per heavy atom. The van der Waals surface area contributed by atoms with E-state index in [4.69, 9.17) is 4.99 Å². The van der Waals surface area contributed by atoms with E-state index in [1.54, 1.807) is 0 Å². The van der Waals surface area contributed by atoms with Gasteiger partial charge < -0.3 is 5.32 Å². The molecule has 0 amide bonds. The molecule has 1 spiro atoms. The highest BCUT2D eigenvalue weighted by Crippen LogP contribution is 2.38. The first-order valence-electron chi connectivity index (χ1n) is 7.24. The lowest BCUT2D eigenvalue weighted by atomic mass is 9.78. The van der Waals surface area contributed by atoms with Crippen LogP contribution in [-0.4, -0.2) is 23.0 Å². The molecule has 1 N–H and O–H groups in total. The maximum Gasteiger partial charge on any atom is 0.157 e. The molecule has 0 aromatic carbocycles. The molecular formula is C15H22N2S2. The van der Waals surface area contributed by atoms with Crippen LogP contribution in [0.2, 0.25) is 0 Å². The Hall–Kier alpha value is -0.480. The summed E-state index contributed by atoms with van der Waals surface area (Å²) < 4.78 is 0. The van der Waals surface area contributed by atoms with Gasteiger partial charge in [0.2, 0.25) is 0 Å². The van der Waals surface area contributed by atoms with E-state index in [1.165, 1.54) is 41.5 Å². The van der Waals surface area contributed by atoms with E-state index < -0.39 is 0 Å². The number of hydrogen-bond donors (Lipinski definition) is 1. The lowest BCUT2D eigenvalue weighted by Gasteiger charge is -2.36. The van der Waals surface area contributed by atoms with Crippen molar-refractivity contribution in [3.63, 3.8) is 0 Å². The molecule has 2 atom stereocenters. The molecule has 2 fully saturated rings. The lowest BCUT2D eigenvalue weighted by Crippen LogP contribution is -2.47. The van der Waals surface area contributed by atoms with Crippen molar-refractivity contribution in [2.45, 2.75) is 44.6 Å². The third kappa shape index (κ3) is 3.34. The molecule has 2 aliphatic rings. The summed E-state index contributed by atoms with van der Waals surface area (Å²) in [6.45, 7) is 3.31. The van der Waals surface area contributed by atoms with Crippen molar-refractivity contribution in [3.05, 3.63) is 22.4 Å². The third-order valence-electron chi connectivity index (χ3n) is 4.14. The molecule has 1 aliphatic carbocycles. The highest BCUT2D eigenvalue weighted by molar-refractivity contribution is 8.14. The van der Waals surface area contributed by atoms with Gasteiger partial charge in [-0.1, -0.05) is 37.6 Å². The van der Waals surface area contributed by atoms with Gasteiger partial charge >= 0.3 is 0 Å². The zero-order valence-electron chi connectivity index (χ0n) is 11.5. The van der Waals surface area contributed by atoms with Crippen LogP contribution in [0.4, 0.5) is 0 Å². The maximum atomic E-state index is 4.75. The van der Waals surface area contributed by atoms with Gasteiger partial charge in [-0.05, 0) is 30.2 Å². The molecule has 104 valence electrons. The van der Waals surface area contributed by atoms with Crippen LogP contribution >= 0.6 is 23.1 Å². The fraction of sp³-hybridized carbons (Fsp3) is 0.667. The van der Waals surface area contributed by atoms with E-state index in [2.05, 4.69) is 29.8 Å². The Kier molecular flexibility index (Phi) is 4.18. The molecule has 0 radical (unpaired) electrons. The Morgan fingerprint density at radius 1 is 1.53 bits per heavy atom. The number of thioether (sulfide) groups is 1. The highest BCUT2D eigenvalue weighted by Gasteiger charge is 2.40. The van der Waals surface area contributed by atoms with Crippen LogP contribution in [0.3, 0.4) is 0 Å². The molecule has 2 unspecified atom stereocenters. The Bertz CT molecular complexity index is 441.